The van der Waals surface area contributed by atoms with E-state index < -0.39 is 29.6 Å². The molecule has 0 heterocycles. The summed E-state index contributed by atoms with van der Waals surface area (Å²) in [6.45, 7) is 5.31. The van der Waals surface area contributed by atoms with E-state index in [9.17, 15) is 19.5 Å². The molecule has 2 amide bonds. The Labute approximate surface area is 188 Å². The molecule has 0 radical (unpaired) electrons. The van der Waals surface area contributed by atoms with Gasteiger partial charge in [0, 0.05) is 18.4 Å². The van der Waals surface area contributed by atoms with E-state index in [1.807, 2.05) is 36.4 Å². The smallest absolute Gasteiger partial charge is 0.407 e. The van der Waals surface area contributed by atoms with Crippen molar-refractivity contribution >= 4 is 18.0 Å². The zero-order valence-electron chi connectivity index (χ0n) is 18.7. The lowest BCUT2D eigenvalue weighted by atomic mass is 9.92. The number of hydrogen-bond donors (Lipinski definition) is 3. The number of carbonyl (C=O) groups is 3. The maximum atomic E-state index is 12.4. The van der Waals surface area contributed by atoms with Gasteiger partial charge in [-0.1, -0.05) is 62.4 Å². The first kappa shape index (κ1) is 23.3. The number of ether oxygens (including phenoxy) is 1. The zero-order valence-corrected chi connectivity index (χ0v) is 18.7. The van der Waals surface area contributed by atoms with Crippen molar-refractivity contribution in [2.75, 3.05) is 6.61 Å². The molecular formula is C25H30N2O5. The molecule has 0 fully saturated rings. The van der Waals surface area contributed by atoms with E-state index >= 15 is 0 Å². The van der Waals surface area contributed by atoms with E-state index in [0.717, 1.165) is 22.3 Å². The van der Waals surface area contributed by atoms with Gasteiger partial charge in [-0.15, -0.1) is 0 Å². The number of hydrogen-bond acceptors (Lipinski definition) is 4. The van der Waals surface area contributed by atoms with Crippen LogP contribution in [0.5, 0.6) is 0 Å². The summed E-state index contributed by atoms with van der Waals surface area (Å²) < 4.78 is 5.50. The molecule has 170 valence electrons. The Bertz CT molecular complexity index is 954. The molecule has 0 saturated heterocycles. The number of rotatable bonds is 9. The lowest BCUT2D eigenvalue weighted by Gasteiger charge is -2.28. The largest absolute Gasteiger partial charge is 0.480 e. The van der Waals surface area contributed by atoms with Crippen LogP contribution in [0.15, 0.2) is 48.5 Å². The van der Waals surface area contributed by atoms with E-state index in [2.05, 4.69) is 22.8 Å². The SMILES string of the molecule is CCC(CC)(NC(=O)C[C@H](C)NC(=O)OCC1c2ccccc2-c2ccccc21)C(=O)O. The minimum Gasteiger partial charge on any atom is -0.480 e. The predicted octanol–water partition coefficient (Wildman–Crippen LogP) is 4.06. The molecule has 0 aliphatic heterocycles. The number of carbonyl (C=O) groups excluding carboxylic acids is 2. The Morgan fingerprint density at radius 2 is 1.53 bits per heavy atom. The summed E-state index contributed by atoms with van der Waals surface area (Å²) in [5.41, 5.74) is 3.25. The van der Waals surface area contributed by atoms with Crippen LogP contribution in [0.4, 0.5) is 4.79 Å². The topological polar surface area (TPSA) is 105 Å². The standard InChI is InChI=1S/C25H30N2O5/c1-4-25(5-2,23(29)30)27-22(28)14-16(3)26-24(31)32-15-21-19-12-8-6-10-17(19)18-11-7-9-13-20(18)21/h6-13,16,21H,4-5,14-15H2,1-3H3,(H,26,31)(H,27,28)(H,29,30)/t16-/m0/s1. The van der Waals surface area contributed by atoms with Gasteiger partial charge in [-0.3, -0.25) is 4.79 Å². The molecule has 1 aliphatic rings. The summed E-state index contributed by atoms with van der Waals surface area (Å²) in [4.78, 5) is 36.3. The highest BCUT2D eigenvalue weighted by Gasteiger charge is 2.36. The molecule has 3 rings (SSSR count). The summed E-state index contributed by atoms with van der Waals surface area (Å²) in [7, 11) is 0. The molecule has 0 bridgehead atoms. The number of benzene rings is 2. The third-order valence-electron chi connectivity index (χ3n) is 6.19. The second-order valence-electron chi connectivity index (χ2n) is 8.22. The van der Waals surface area contributed by atoms with Crippen molar-refractivity contribution in [2.24, 2.45) is 0 Å². The first-order valence-corrected chi connectivity index (χ1v) is 11.0. The number of alkyl carbamates (subject to hydrolysis) is 1. The summed E-state index contributed by atoms with van der Waals surface area (Å²) in [5.74, 6) is -1.53. The fraction of sp³-hybridized carbons (Fsp3) is 0.400. The lowest BCUT2D eigenvalue weighted by Crippen LogP contribution is -2.54. The minimum absolute atomic E-state index is 0.0424. The van der Waals surface area contributed by atoms with E-state index in [-0.39, 0.29) is 31.8 Å². The van der Waals surface area contributed by atoms with Gasteiger partial charge in [0.05, 0.1) is 0 Å². The lowest BCUT2D eigenvalue weighted by molar-refractivity contribution is -0.148. The van der Waals surface area contributed by atoms with Gasteiger partial charge in [-0.2, -0.15) is 0 Å². The van der Waals surface area contributed by atoms with E-state index in [4.69, 9.17) is 4.74 Å². The van der Waals surface area contributed by atoms with Crippen molar-refractivity contribution in [1.29, 1.82) is 0 Å². The third kappa shape index (κ3) is 4.77. The highest BCUT2D eigenvalue weighted by molar-refractivity contribution is 5.87. The zero-order chi connectivity index (χ0) is 23.3. The van der Waals surface area contributed by atoms with Crippen LogP contribution in [0.1, 0.15) is 57.1 Å². The van der Waals surface area contributed by atoms with Crippen LogP contribution >= 0.6 is 0 Å². The average molecular weight is 439 g/mol. The van der Waals surface area contributed by atoms with Crippen LogP contribution < -0.4 is 10.6 Å². The van der Waals surface area contributed by atoms with Crippen molar-refractivity contribution in [2.45, 2.75) is 57.5 Å². The van der Waals surface area contributed by atoms with Crippen molar-refractivity contribution in [3.05, 3.63) is 59.7 Å². The summed E-state index contributed by atoms with van der Waals surface area (Å²) >= 11 is 0. The van der Waals surface area contributed by atoms with E-state index in [1.54, 1.807) is 20.8 Å². The first-order chi connectivity index (χ1) is 15.3. The molecule has 0 saturated carbocycles. The molecule has 1 aliphatic carbocycles. The molecule has 2 aromatic rings. The summed E-state index contributed by atoms with van der Waals surface area (Å²) in [5, 5.41) is 14.7. The van der Waals surface area contributed by atoms with Crippen molar-refractivity contribution < 1.29 is 24.2 Å². The second kappa shape index (κ2) is 9.85. The number of nitrogens with one attached hydrogen (secondary N) is 2. The fourth-order valence-electron chi connectivity index (χ4n) is 4.27. The van der Waals surface area contributed by atoms with Gasteiger partial charge in [-0.05, 0) is 42.0 Å². The van der Waals surface area contributed by atoms with Crippen LogP contribution in [0.3, 0.4) is 0 Å². The molecule has 0 aromatic heterocycles. The Balaban J connectivity index is 1.55. The van der Waals surface area contributed by atoms with E-state index in [1.165, 1.54) is 0 Å². The number of fused-ring (bicyclic) bond motifs is 3. The Hall–Kier alpha value is -3.35. The molecule has 7 heteroatoms. The Morgan fingerprint density at radius 1 is 1.00 bits per heavy atom. The molecule has 3 N–H and O–H groups in total. The first-order valence-electron chi connectivity index (χ1n) is 11.0. The maximum absolute atomic E-state index is 12.4. The molecule has 0 spiro atoms. The third-order valence-corrected chi connectivity index (χ3v) is 6.19. The van der Waals surface area contributed by atoms with Crippen molar-refractivity contribution in [3.8, 4) is 11.1 Å². The highest BCUT2D eigenvalue weighted by Crippen LogP contribution is 2.44. The van der Waals surface area contributed by atoms with Crippen LogP contribution in [0.2, 0.25) is 0 Å². The average Bonchev–Trinajstić information content (AvgIpc) is 3.09. The molecule has 0 unspecified atom stereocenters. The normalized spacial score (nSPS) is 13.6. The number of carboxylic acid groups (broad SMARTS) is 1. The second-order valence-corrected chi connectivity index (χ2v) is 8.22. The van der Waals surface area contributed by atoms with E-state index in [0.29, 0.717) is 0 Å². The Kier molecular flexibility index (Phi) is 7.18. The van der Waals surface area contributed by atoms with Gasteiger partial charge >= 0.3 is 12.1 Å². The van der Waals surface area contributed by atoms with Gasteiger partial charge < -0.3 is 20.5 Å². The fourth-order valence-corrected chi connectivity index (χ4v) is 4.27. The van der Waals surface area contributed by atoms with Gasteiger partial charge in [0.1, 0.15) is 12.1 Å². The van der Waals surface area contributed by atoms with Crippen LogP contribution in [-0.2, 0) is 14.3 Å². The molecule has 1 atom stereocenters. The molecule has 7 nitrogen and oxygen atoms in total. The van der Waals surface area contributed by atoms with Gasteiger partial charge in [0.25, 0.3) is 0 Å². The van der Waals surface area contributed by atoms with Crippen LogP contribution in [0, 0.1) is 0 Å². The molecule has 32 heavy (non-hydrogen) atoms. The van der Waals surface area contributed by atoms with Crippen molar-refractivity contribution in [3.63, 3.8) is 0 Å². The predicted molar refractivity (Wildman–Crippen MR) is 121 cm³/mol. The maximum Gasteiger partial charge on any atom is 0.407 e. The van der Waals surface area contributed by atoms with Crippen molar-refractivity contribution in [1.82, 2.24) is 10.6 Å². The molecule has 2 aromatic carbocycles. The number of carboxylic acids is 1. The van der Waals surface area contributed by atoms with Gasteiger partial charge in [0.15, 0.2) is 0 Å². The van der Waals surface area contributed by atoms with Crippen LogP contribution in [-0.4, -0.2) is 41.3 Å². The summed E-state index contributed by atoms with van der Waals surface area (Å²) in [6.07, 6.45) is -0.0980. The monoisotopic (exact) mass is 438 g/mol. The number of aliphatic carboxylic acids is 1. The van der Waals surface area contributed by atoms with Gasteiger partial charge in [-0.25, -0.2) is 9.59 Å². The minimum atomic E-state index is -1.29. The van der Waals surface area contributed by atoms with Gasteiger partial charge in [0.2, 0.25) is 5.91 Å². The quantitative estimate of drug-likeness (QED) is 0.548. The number of amides is 2. The van der Waals surface area contributed by atoms with Crippen LogP contribution in [0.25, 0.3) is 11.1 Å². The Morgan fingerprint density at radius 3 is 2.03 bits per heavy atom. The highest BCUT2D eigenvalue weighted by atomic mass is 16.5. The molecular weight excluding hydrogens is 408 g/mol. The summed E-state index contributed by atoms with van der Waals surface area (Å²) in [6, 6.07) is 15.7.